The van der Waals surface area contributed by atoms with Gasteiger partial charge < -0.3 is 9.47 Å². The zero-order chi connectivity index (χ0) is 10.8. The van der Waals surface area contributed by atoms with Crippen molar-refractivity contribution in [2.45, 2.75) is 6.42 Å². The third kappa shape index (κ3) is 1.74. The number of aryl methyl sites for hydroxylation is 1. The van der Waals surface area contributed by atoms with Crippen LogP contribution in [0.3, 0.4) is 0 Å². The largest absolute Gasteiger partial charge is 0.493 e. The number of rotatable bonds is 3. The Bertz CT molecular complexity index is 367. The van der Waals surface area contributed by atoms with Crippen molar-refractivity contribution in [3.05, 3.63) is 11.9 Å². The van der Waals surface area contributed by atoms with Crippen molar-refractivity contribution in [2.75, 3.05) is 20.3 Å². The molecular formula is C10H14N2O3. The van der Waals surface area contributed by atoms with E-state index >= 15 is 0 Å². The van der Waals surface area contributed by atoms with Gasteiger partial charge in [0.05, 0.1) is 19.9 Å². The van der Waals surface area contributed by atoms with Crippen LogP contribution in [0.4, 0.5) is 0 Å². The predicted octanol–water partition coefficient (Wildman–Crippen LogP) is 0.648. The topological polar surface area (TPSA) is 53.4 Å². The van der Waals surface area contributed by atoms with Crippen LogP contribution in [-0.4, -0.2) is 35.9 Å². The highest BCUT2D eigenvalue weighted by atomic mass is 16.5. The molecule has 0 bridgehead atoms. The van der Waals surface area contributed by atoms with Crippen LogP contribution < -0.4 is 4.74 Å². The van der Waals surface area contributed by atoms with Gasteiger partial charge in [0.1, 0.15) is 5.69 Å². The minimum Gasteiger partial charge on any atom is -0.493 e. The Morgan fingerprint density at radius 2 is 2.53 bits per heavy atom. The van der Waals surface area contributed by atoms with Crippen molar-refractivity contribution < 1.29 is 14.3 Å². The fraction of sp³-hybridized carbons (Fsp3) is 0.600. The summed E-state index contributed by atoms with van der Waals surface area (Å²) in [5.74, 6) is 0.549. The van der Waals surface area contributed by atoms with Crippen molar-refractivity contribution in [2.24, 2.45) is 13.0 Å². The Morgan fingerprint density at radius 3 is 3.13 bits per heavy atom. The summed E-state index contributed by atoms with van der Waals surface area (Å²) in [5, 5.41) is 4.01. The average Bonchev–Trinajstić information content (AvgIpc) is 2.85. The van der Waals surface area contributed by atoms with Crippen molar-refractivity contribution in [3.8, 4) is 5.75 Å². The summed E-state index contributed by atoms with van der Waals surface area (Å²) in [4.78, 5) is 12.1. The maximum absolute atomic E-state index is 12.1. The molecule has 0 radical (unpaired) electrons. The van der Waals surface area contributed by atoms with E-state index in [-0.39, 0.29) is 11.7 Å². The molecule has 0 aliphatic carbocycles. The van der Waals surface area contributed by atoms with E-state index in [9.17, 15) is 4.79 Å². The van der Waals surface area contributed by atoms with Gasteiger partial charge >= 0.3 is 0 Å². The molecule has 1 fully saturated rings. The highest BCUT2D eigenvalue weighted by Crippen LogP contribution is 2.24. The number of nitrogens with zero attached hydrogens (tertiary/aromatic N) is 2. The van der Waals surface area contributed by atoms with E-state index in [1.807, 2.05) is 0 Å². The first-order valence-corrected chi connectivity index (χ1v) is 4.92. The van der Waals surface area contributed by atoms with Crippen LogP contribution in [0, 0.1) is 5.92 Å². The summed E-state index contributed by atoms with van der Waals surface area (Å²) in [6.45, 7) is 1.17. The maximum atomic E-state index is 12.1. The van der Waals surface area contributed by atoms with E-state index in [0.717, 1.165) is 6.42 Å². The zero-order valence-corrected chi connectivity index (χ0v) is 8.90. The summed E-state index contributed by atoms with van der Waals surface area (Å²) >= 11 is 0. The predicted molar refractivity (Wildman–Crippen MR) is 53.0 cm³/mol. The van der Waals surface area contributed by atoms with Gasteiger partial charge in [0, 0.05) is 19.6 Å². The van der Waals surface area contributed by atoms with Crippen LogP contribution in [0.1, 0.15) is 16.9 Å². The molecule has 2 rings (SSSR count). The second-order valence-electron chi connectivity index (χ2n) is 3.61. The number of hydrogen-bond acceptors (Lipinski definition) is 4. The van der Waals surface area contributed by atoms with E-state index in [0.29, 0.717) is 24.7 Å². The maximum Gasteiger partial charge on any atom is 0.190 e. The molecule has 1 aliphatic rings. The lowest BCUT2D eigenvalue weighted by atomic mass is 10.0. The summed E-state index contributed by atoms with van der Waals surface area (Å²) < 4.78 is 11.9. The molecule has 1 aliphatic heterocycles. The first kappa shape index (κ1) is 10.2. The molecule has 0 amide bonds. The lowest BCUT2D eigenvalue weighted by molar-refractivity contribution is 0.0887. The number of methoxy groups -OCH3 is 1. The molecule has 0 N–H and O–H groups in total. The van der Waals surface area contributed by atoms with Crippen molar-refractivity contribution >= 4 is 5.78 Å². The third-order valence-electron chi connectivity index (χ3n) is 2.66. The van der Waals surface area contributed by atoms with Gasteiger partial charge in [-0.1, -0.05) is 0 Å². The lowest BCUT2D eigenvalue weighted by Gasteiger charge is -2.08. The van der Waals surface area contributed by atoms with E-state index in [1.54, 1.807) is 25.0 Å². The van der Waals surface area contributed by atoms with E-state index in [2.05, 4.69) is 5.10 Å². The molecule has 1 atom stereocenters. The van der Waals surface area contributed by atoms with Crippen LogP contribution in [0.2, 0.25) is 0 Å². The number of ketones is 1. The molecule has 5 nitrogen and oxygen atoms in total. The molecule has 15 heavy (non-hydrogen) atoms. The second kappa shape index (κ2) is 4.02. The number of ether oxygens (including phenoxy) is 2. The van der Waals surface area contributed by atoms with Crippen molar-refractivity contribution in [1.29, 1.82) is 0 Å². The van der Waals surface area contributed by atoms with Gasteiger partial charge in [0.2, 0.25) is 0 Å². The fourth-order valence-corrected chi connectivity index (χ4v) is 1.78. The Hall–Kier alpha value is -1.36. The minimum absolute atomic E-state index is 0.0469. The van der Waals surface area contributed by atoms with Crippen LogP contribution in [0.5, 0.6) is 5.75 Å². The average molecular weight is 210 g/mol. The van der Waals surface area contributed by atoms with Gasteiger partial charge in [0.15, 0.2) is 11.5 Å². The molecule has 0 spiro atoms. The Kier molecular flexibility index (Phi) is 2.73. The molecule has 0 aromatic carbocycles. The van der Waals surface area contributed by atoms with Gasteiger partial charge in [-0.05, 0) is 6.42 Å². The monoisotopic (exact) mass is 210 g/mol. The SMILES string of the molecule is COc1cnn(C)c1C(=O)C1CCOC1. The summed E-state index contributed by atoms with van der Waals surface area (Å²) in [6.07, 6.45) is 2.34. The first-order valence-electron chi connectivity index (χ1n) is 4.92. The molecule has 1 unspecified atom stereocenters. The number of carbonyl (C=O) groups is 1. The van der Waals surface area contributed by atoms with Crippen molar-refractivity contribution in [3.63, 3.8) is 0 Å². The number of Topliss-reactive ketones (excluding diaryl/α,β-unsaturated/α-hetero) is 1. The number of hydrogen-bond donors (Lipinski definition) is 0. The van der Waals surface area contributed by atoms with Gasteiger partial charge in [0.25, 0.3) is 0 Å². The first-order chi connectivity index (χ1) is 7.24. The minimum atomic E-state index is -0.0469. The fourth-order valence-electron chi connectivity index (χ4n) is 1.78. The molecule has 1 aromatic rings. The molecule has 1 saturated heterocycles. The molecule has 2 heterocycles. The molecule has 82 valence electrons. The Balaban J connectivity index is 2.27. The van der Waals surface area contributed by atoms with Crippen LogP contribution in [0.15, 0.2) is 6.20 Å². The van der Waals surface area contributed by atoms with Gasteiger partial charge in [-0.3, -0.25) is 9.48 Å². The van der Waals surface area contributed by atoms with E-state index in [4.69, 9.17) is 9.47 Å². The van der Waals surface area contributed by atoms with Gasteiger partial charge in [-0.2, -0.15) is 5.10 Å². The molecular weight excluding hydrogens is 196 g/mol. The highest BCUT2D eigenvalue weighted by molar-refractivity contribution is 5.98. The van der Waals surface area contributed by atoms with Crippen molar-refractivity contribution in [1.82, 2.24) is 9.78 Å². The summed E-state index contributed by atoms with van der Waals surface area (Å²) in [5.41, 5.74) is 0.535. The van der Waals surface area contributed by atoms with Gasteiger partial charge in [-0.15, -0.1) is 0 Å². The highest BCUT2D eigenvalue weighted by Gasteiger charge is 2.29. The normalized spacial score (nSPS) is 20.5. The lowest BCUT2D eigenvalue weighted by Crippen LogP contribution is -2.18. The quantitative estimate of drug-likeness (QED) is 0.687. The third-order valence-corrected chi connectivity index (χ3v) is 2.66. The summed E-state index contributed by atoms with van der Waals surface area (Å²) in [7, 11) is 3.28. The number of carbonyl (C=O) groups excluding carboxylic acids is 1. The number of aromatic nitrogens is 2. The Labute approximate surface area is 88.0 Å². The zero-order valence-electron chi connectivity index (χ0n) is 8.90. The van der Waals surface area contributed by atoms with Crippen LogP contribution in [0.25, 0.3) is 0 Å². The van der Waals surface area contributed by atoms with E-state index < -0.39 is 0 Å². The van der Waals surface area contributed by atoms with Crippen LogP contribution in [-0.2, 0) is 11.8 Å². The standard InChI is InChI=1S/C10H14N2O3/c1-12-9(8(14-2)5-11-12)10(13)7-3-4-15-6-7/h5,7H,3-4,6H2,1-2H3. The van der Waals surface area contributed by atoms with Gasteiger partial charge in [-0.25, -0.2) is 0 Å². The smallest absolute Gasteiger partial charge is 0.190 e. The Morgan fingerprint density at radius 1 is 1.73 bits per heavy atom. The second-order valence-corrected chi connectivity index (χ2v) is 3.61. The van der Waals surface area contributed by atoms with E-state index in [1.165, 1.54) is 0 Å². The van der Waals surface area contributed by atoms with Crippen LogP contribution >= 0.6 is 0 Å². The molecule has 0 saturated carbocycles. The molecule has 5 heteroatoms. The summed E-state index contributed by atoms with van der Waals surface area (Å²) in [6, 6.07) is 0. The molecule has 1 aromatic heterocycles.